The normalized spacial score (nSPS) is 10.9. The van der Waals surface area contributed by atoms with E-state index in [0.717, 1.165) is 26.6 Å². The highest BCUT2D eigenvalue weighted by molar-refractivity contribution is 9.10. The van der Waals surface area contributed by atoms with Gasteiger partial charge in [0.25, 0.3) is 0 Å². The van der Waals surface area contributed by atoms with Crippen LogP contribution in [0.1, 0.15) is 27.2 Å². The van der Waals surface area contributed by atoms with Gasteiger partial charge >= 0.3 is 0 Å². The Bertz CT molecular complexity index is 1030. The molecule has 0 saturated heterocycles. The number of carbonyl (C=O) groups excluding carboxylic acids is 1. The van der Waals surface area contributed by atoms with Crippen LogP contribution in [-0.2, 0) is 6.42 Å². The predicted octanol–water partition coefficient (Wildman–Crippen LogP) is 6.02. The van der Waals surface area contributed by atoms with Gasteiger partial charge in [0, 0.05) is 27.4 Å². The third kappa shape index (κ3) is 3.15. The molecule has 0 bridgehead atoms. The van der Waals surface area contributed by atoms with Crippen molar-refractivity contribution in [2.75, 3.05) is 0 Å². The fourth-order valence-electron chi connectivity index (χ4n) is 2.98. The summed E-state index contributed by atoms with van der Waals surface area (Å²) in [6.45, 7) is 0. The Kier molecular flexibility index (Phi) is 4.24. The van der Waals surface area contributed by atoms with Gasteiger partial charge in [-0.15, -0.1) is 0 Å². The second-order valence-electron chi connectivity index (χ2n) is 5.90. The lowest BCUT2D eigenvalue weighted by atomic mass is 9.98. The molecule has 0 aliphatic heterocycles. The molecular formula is C22H15BrO2. The van der Waals surface area contributed by atoms with Crippen molar-refractivity contribution in [1.29, 1.82) is 0 Å². The van der Waals surface area contributed by atoms with E-state index >= 15 is 0 Å². The first-order valence-corrected chi connectivity index (χ1v) is 8.86. The molecule has 0 aliphatic rings. The molecule has 4 rings (SSSR count). The first-order valence-electron chi connectivity index (χ1n) is 8.07. The molecule has 3 heteroatoms. The highest BCUT2D eigenvalue weighted by Gasteiger charge is 2.21. The lowest BCUT2D eigenvalue weighted by Gasteiger charge is -2.04. The Labute approximate surface area is 154 Å². The van der Waals surface area contributed by atoms with Crippen molar-refractivity contribution >= 4 is 32.7 Å². The Hall–Kier alpha value is -2.65. The first-order chi connectivity index (χ1) is 12.2. The number of hydrogen-bond donors (Lipinski definition) is 0. The van der Waals surface area contributed by atoms with Gasteiger partial charge in [-0.25, -0.2) is 0 Å². The smallest absolute Gasteiger partial charge is 0.228 e. The van der Waals surface area contributed by atoms with Crippen LogP contribution in [0.4, 0.5) is 0 Å². The summed E-state index contributed by atoms with van der Waals surface area (Å²) in [5.41, 5.74) is 3.45. The highest BCUT2D eigenvalue weighted by atomic mass is 79.9. The van der Waals surface area contributed by atoms with E-state index in [1.165, 1.54) is 0 Å². The number of fused-ring (bicyclic) bond motifs is 1. The molecule has 0 atom stereocenters. The molecule has 1 heterocycles. The monoisotopic (exact) mass is 390 g/mol. The molecule has 0 N–H and O–H groups in total. The average molecular weight is 391 g/mol. The molecule has 122 valence electrons. The molecule has 0 spiro atoms. The molecule has 25 heavy (non-hydrogen) atoms. The number of carbonyl (C=O) groups is 1. The van der Waals surface area contributed by atoms with Crippen molar-refractivity contribution < 1.29 is 9.21 Å². The Morgan fingerprint density at radius 3 is 2.28 bits per heavy atom. The van der Waals surface area contributed by atoms with E-state index < -0.39 is 0 Å². The highest BCUT2D eigenvalue weighted by Crippen LogP contribution is 2.30. The zero-order valence-electron chi connectivity index (χ0n) is 13.4. The molecule has 0 amide bonds. The summed E-state index contributed by atoms with van der Waals surface area (Å²) in [5, 5.41) is 0.990. The summed E-state index contributed by atoms with van der Waals surface area (Å²) >= 11 is 3.46. The van der Waals surface area contributed by atoms with E-state index in [9.17, 15) is 4.79 Å². The van der Waals surface area contributed by atoms with E-state index in [-0.39, 0.29) is 5.78 Å². The minimum Gasteiger partial charge on any atom is -0.452 e. The van der Waals surface area contributed by atoms with Crippen LogP contribution >= 0.6 is 15.9 Å². The molecule has 4 aromatic rings. The van der Waals surface area contributed by atoms with Crippen molar-refractivity contribution in [1.82, 2.24) is 0 Å². The van der Waals surface area contributed by atoms with Crippen LogP contribution in [0.15, 0.2) is 87.8 Å². The van der Waals surface area contributed by atoms with Crippen LogP contribution in [0, 0.1) is 0 Å². The molecule has 0 unspecified atom stereocenters. The topological polar surface area (TPSA) is 30.2 Å². The number of benzene rings is 3. The van der Waals surface area contributed by atoms with Gasteiger partial charge in [-0.05, 0) is 23.8 Å². The molecular weight excluding hydrogens is 376 g/mol. The van der Waals surface area contributed by atoms with Crippen LogP contribution in [0.25, 0.3) is 11.0 Å². The first kappa shape index (κ1) is 15.9. The maximum absolute atomic E-state index is 13.0. The van der Waals surface area contributed by atoms with E-state index in [1.807, 2.05) is 66.7 Å². The van der Waals surface area contributed by atoms with Crippen molar-refractivity contribution in [2.24, 2.45) is 0 Å². The number of ketones is 1. The fraction of sp³-hybridized carbons (Fsp3) is 0.0455. The third-order valence-electron chi connectivity index (χ3n) is 4.23. The van der Waals surface area contributed by atoms with Crippen LogP contribution in [0.3, 0.4) is 0 Å². The second-order valence-corrected chi connectivity index (χ2v) is 6.82. The van der Waals surface area contributed by atoms with Gasteiger partial charge < -0.3 is 4.42 Å². The lowest BCUT2D eigenvalue weighted by molar-refractivity contribution is 0.101. The minimum atomic E-state index is -0.0797. The van der Waals surface area contributed by atoms with E-state index in [1.54, 1.807) is 0 Å². The number of furan rings is 1. The summed E-state index contributed by atoms with van der Waals surface area (Å²) in [6, 6.07) is 25.2. The predicted molar refractivity (Wildman–Crippen MR) is 103 cm³/mol. The number of para-hydroxylation sites is 1. The minimum absolute atomic E-state index is 0.0797. The maximum atomic E-state index is 13.0. The van der Waals surface area contributed by atoms with Crippen LogP contribution in [-0.4, -0.2) is 5.78 Å². The zero-order chi connectivity index (χ0) is 17.2. The van der Waals surface area contributed by atoms with Crippen molar-refractivity contribution in [2.45, 2.75) is 6.42 Å². The fourth-order valence-corrected chi connectivity index (χ4v) is 3.25. The summed E-state index contributed by atoms with van der Waals surface area (Å²) in [6.07, 6.45) is 0.651. The van der Waals surface area contributed by atoms with Gasteiger partial charge in [0.15, 0.2) is 5.76 Å². The van der Waals surface area contributed by atoms with Gasteiger partial charge in [-0.2, -0.15) is 0 Å². The van der Waals surface area contributed by atoms with Gasteiger partial charge in [0.2, 0.25) is 5.78 Å². The molecule has 0 saturated carbocycles. The number of hydrogen-bond acceptors (Lipinski definition) is 2. The average Bonchev–Trinajstić information content (AvgIpc) is 3.02. The van der Waals surface area contributed by atoms with Crippen LogP contribution < -0.4 is 0 Å². The van der Waals surface area contributed by atoms with E-state index in [0.29, 0.717) is 17.7 Å². The van der Waals surface area contributed by atoms with Gasteiger partial charge in [-0.3, -0.25) is 4.79 Å². The second kappa shape index (κ2) is 6.69. The molecule has 2 nitrogen and oxygen atoms in total. The SMILES string of the molecule is O=C(c1ccccc1)c1oc2ccccc2c1Cc1ccc(Br)cc1. The van der Waals surface area contributed by atoms with Crippen molar-refractivity contribution in [3.8, 4) is 0 Å². The zero-order valence-corrected chi connectivity index (χ0v) is 15.0. The largest absolute Gasteiger partial charge is 0.452 e. The summed E-state index contributed by atoms with van der Waals surface area (Å²) < 4.78 is 6.99. The van der Waals surface area contributed by atoms with E-state index in [2.05, 4.69) is 28.1 Å². The van der Waals surface area contributed by atoms with Crippen molar-refractivity contribution in [3.63, 3.8) is 0 Å². The van der Waals surface area contributed by atoms with Gasteiger partial charge in [0.1, 0.15) is 5.58 Å². The summed E-state index contributed by atoms with van der Waals surface area (Å²) in [5.74, 6) is 0.347. The number of rotatable bonds is 4. The lowest BCUT2D eigenvalue weighted by Crippen LogP contribution is -2.03. The molecule has 0 radical (unpaired) electrons. The molecule has 0 aliphatic carbocycles. The Morgan fingerprint density at radius 1 is 0.840 bits per heavy atom. The van der Waals surface area contributed by atoms with Crippen molar-refractivity contribution in [3.05, 3.63) is 106 Å². The summed E-state index contributed by atoms with van der Waals surface area (Å²) in [4.78, 5) is 13.0. The Morgan fingerprint density at radius 2 is 1.52 bits per heavy atom. The Balaban J connectivity index is 1.83. The molecule has 3 aromatic carbocycles. The van der Waals surface area contributed by atoms with Gasteiger partial charge in [-0.1, -0.05) is 76.6 Å². The molecule has 1 aromatic heterocycles. The number of halogens is 1. The van der Waals surface area contributed by atoms with Crippen LogP contribution in [0.5, 0.6) is 0 Å². The third-order valence-corrected chi connectivity index (χ3v) is 4.76. The quantitative estimate of drug-likeness (QED) is 0.399. The molecule has 0 fully saturated rings. The maximum Gasteiger partial charge on any atom is 0.228 e. The standard InChI is InChI=1S/C22H15BrO2/c23-17-12-10-15(11-13-17)14-19-18-8-4-5-9-20(18)25-22(19)21(24)16-6-2-1-3-7-16/h1-13H,14H2. The van der Waals surface area contributed by atoms with Gasteiger partial charge in [0.05, 0.1) is 0 Å². The van der Waals surface area contributed by atoms with E-state index in [4.69, 9.17) is 4.42 Å². The van der Waals surface area contributed by atoms with Crippen LogP contribution in [0.2, 0.25) is 0 Å². The summed E-state index contributed by atoms with van der Waals surface area (Å²) in [7, 11) is 0.